The summed E-state index contributed by atoms with van der Waals surface area (Å²) in [5.41, 5.74) is 7.20. The molecule has 2 aromatic rings. The van der Waals surface area contributed by atoms with Crippen LogP contribution in [0.3, 0.4) is 0 Å². The summed E-state index contributed by atoms with van der Waals surface area (Å²) < 4.78 is 1.65. The van der Waals surface area contributed by atoms with Crippen molar-refractivity contribution in [1.82, 2.24) is 15.1 Å². The smallest absolute Gasteiger partial charge is 0.251 e. The molecule has 1 fully saturated rings. The van der Waals surface area contributed by atoms with E-state index in [1.165, 1.54) is 0 Å². The number of aromatic nitrogens is 2. The van der Waals surface area contributed by atoms with Crippen LogP contribution in [0, 0.1) is 0 Å². The minimum absolute atomic E-state index is 0.225. The maximum atomic E-state index is 11.8. The molecule has 1 aliphatic rings. The zero-order chi connectivity index (χ0) is 12.7. The Kier molecular flexibility index (Phi) is 2.29. The van der Waals surface area contributed by atoms with Gasteiger partial charge < -0.3 is 5.73 Å². The van der Waals surface area contributed by atoms with Crippen LogP contribution in [0.2, 0.25) is 0 Å². The van der Waals surface area contributed by atoms with Crippen LogP contribution in [0.15, 0.2) is 24.4 Å². The van der Waals surface area contributed by atoms with Gasteiger partial charge in [0, 0.05) is 17.5 Å². The minimum Gasteiger partial charge on any atom is -0.399 e. The number of piperidine rings is 1. The van der Waals surface area contributed by atoms with Gasteiger partial charge in [-0.1, -0.05) is 0 Å². The second-order valence-electron chi connectivity index (χ2n) is 4.37. The molecule has 2 heterocycles. The number of hydrogen-bond donors (Lipinski definition) is 2. The fourth-order valence-corrected chi connectivity index (χ4v) is 2.24. The van der Waals surface area contributed by atoms with E-state index in [0.717, 1.165) is 10.9 Å². The lowest BCUT2D eigenvalue weighted by atomic mass is 10.1. The van der Waals surface area contributed by atoms with Crippen molar-refractivity contribution < 1.29 is 9.59 Å². The lowest BCUT2D eigenvalue weighted by Crippen LogP contribution is -2.41. The highest BCUT2D eigenvalue weighted by atomic mass is 16.2. The van der Waals surface area contributed by atoms with Crippen LogP contribution in [0.25, 0.3) is 10.9 Å². The first-order valence-electron chi connectivity index (χ1n) is 5.71. The van der Waals surface area contributed by atoms with Gasteiger partial charge in [-0.15, -0.1) is 0 Å². The van der Waals surface area contributed by atoms with Gasteiger partial charge in [-0.25, -0.2) is 0 Å². The molecule has 2 amide bonds. The predicted molar refractivity (Wildman–Crippen MR) is 65.6 cm³/mol. The Labute approximate surface area is 103 Å². The summed E-state index contributed by atoms with van der Waals surface area (Å²) in [7, 11) is 0. The molecule has 1 saturated heterocycles. The Balaban J connectivity index is 2.04. The van der Waals surface area contributed by atoms with Crippen LogP contribution in [-0.2, 0) is 9.59 Å². The average Bonchev–Trinajstić information content (AvgIpc) is 2.72. The number of carbonyl (C=O) groups is 2. The molecule has 1 aliphatic heterocycles. The minimum atomic E-state index is -0.427. The molecule has 0 spiro atoms. The van der Waals surface area contributed by atoms with Gasteiger partial charge in [-0.05, 0) is 24.6 Å². The summed E-state index contributed by atoms with van der Waals surface area (Å²) in [6.07, 6.45) is 2.49. The number of rotatable bonds is 1. The van der Waals surface area contributed by atoms with Gasteiger partial charge in [-0.3, -0.25) is 19.6 Å². The number of benzene rings is 1. The molecule has 18 heavy (non-hydrogen) atoms. The Morgan fingerprint density at radius 3 is 3.00 bits per heavy atom. The largest absolute Gasteiger partial charge is 0.399 e. The van der Waals surface area contributed by atoms with E-state index in [4.69, 9.17) is 5.73 Å². The van der Waals surface area contributed by atoms with Gasteiger partial charge in [0.05, 0.1) is 11.7 Å². The summed E-state index contributed by atoms with van der Waals surface area (Å²) in [5.74, 6) is -0.523. The fourth-order valence-electron chi connectivity index (χ4n) is 2.24. The van der Waals surface area contributed by atoms with Gasteiger partial charge in [0.15, 0.2) is 0 Å². The number of imide groups is 1. The Morgan fingerprint density at radius 1 is 1.39 bits per heavy atom. The molecule has 0 saturated carbocycles. The quantitative estimate of drug-likeness (QED) is 0.567. The van der Waals surface area contributed by atoms with Crippen molar-refractivity contribution in [1.29, 1.82) is 0 Å². The Morgan fingerprint density at radius 2 is 2.22 bits per heavy atom. The van der Waals surface area contributed by atoms with Crippen molar-refractivity contribution in [2.75, 3.05) is 5.73 Å². The number of nitrogens with one attached hydrogen (secondary N) is 1. The maximum absolute atomic E-state index is 11.8. The van der Waals surface area contributed by atoms with Crippen molar-refractivity contribution in [3.05, 3.63) is 24.4 Å². The van der Waals surface area contributed by atoms with Crippen molar-refractivity contribution in [3.8, 4) is 0 Å². The third-order valence-corrected chi connectivity index (χ3v) is 3.12. The fraction of sp³-hybridized carbons (Fsp3) is 0.250. The van der Waals surface area contributed by atoms with Crippen molar-refractivity contribution in [2.45, 2.75) is 18.9 Å². The maximum Gasteiger partial charge on any atom is 0.251 e. The van der Waals surface area contributed by atoms with Crippen LogP contribution >= 0.6 is 0 Å². The summed E-state index contributed by atoms with van der Waals surface area (Å²) in [6.45, 7) is 0. The summed E-state index contributed by atoms with van der Waals surface area (Å²) >= 11 is 0. The molecule has 0 radical (unpaired) electrons. The van der Waals surface area contributed by atoms with Gasteiger partial charge >= 0.3 is 0 Å². The van der Waals surface area contributed by atoms with Crippen molar-refractivity contribution in [3.63, 3.8) is 0 Å². The summed E-state index contributed by atoms with van der Waals surface area (Å²) in [4.78, 5) is 22.9. The first-order valence-corrected chi connectivity index (χ1v) is 5.71. The van der Waals surface area contributed by atoms with Crippen molar-refractivity contribution >= 4 is 28.4 Å². The van der Waals surface area contributed by atoms with E-state index in [0.29, 0.717) is 18.5 Å². The van der Waals surface area contributed by atoms with Gasteiger partial charge in [0.1, 0.15) is 6.04 Å². The van der Waals surface area contributed by atoms with Crippen LogP contribution < -0.4 is 11.1 Å². The van der Waals surface area contributed by atoms with E-state index < -0.39 is 6.04 Å². The number of anilines is 1. The molecule has 6 heteroatoms. The molecule has 3 N–H and O–H groups in total. The van der Waals surface area contributed by atoms with Crippen LogP contribution in [0.4, 0.5) is 5.69 Å². The van der Waals surface area contributed by atoms with E-state index in [2.05, 4.69) is 10.4 Å². The van der Waals surface area contributed by atoms with Gasteiger partial charge in [-0.2, -0.15) is 5.10 Å². The normalized spacial score (nSPS) is 20.1. The molecule has 1 aromatic heterocycles. The Hall–Kier alpha value is -2.37. The second-order valence-corrected chi connectivity index (χ2v) is 4.37. The molecular formula is C12H12N4O2. The van der Waals surface area contributed by atoms with E-state index in [9.17, 15) is 9.59 Å². The predicted octanol–water partition coefficient (Wildman–Crippen LogP) is 0.596. The van der Waals surface area contributed by atoms with E-state index in [1.807, 2.05) is 12.1 Å². The Bertz CT molecular complexity index is 647. The molecule has 6 nitrogen and oxygen atoms in total. The first kappa shape index (κ1) is 10.8. The van der Waals surface area contributed by atoms with Gasteiger partial charge in [0.25, 0.3) is 5.91 Å². The van der Waals surface area contributed by atoms with Crippen molar-refractivity contribution in [2.24, 2.45) is 0 Å². The first-order chi connectivity index (χ1) is 8.65. The monoisotopic (exact) mass is 244 g/mol. The second kappa shape index (κ2) is 3.83. The number of nitrogens with zero attached hydrogens (tertiary/aromatic N) is 2. The number of nitrogens with two attached hydrogens (primary N) is 1. The number of carbonyl (C=O) groups excluding carboxylic acids is 2. The molecule has 92 valence electrons. The van der Waals surface area contributed by atoms with Crippen LogP contribution in [0.1, 0.15) is 18.9 Å². The summed E-state index contributed by atoms with van der Waals surface area (Å²) in [6, 6.07) is 4.99. The zero-order valence-electron chi connectivity index (χ0n) is 9.59. The number of fused-ring (bicyclic) bond motifs is 1. The molecule has 0 bridgehead atoms. The van der Waals surface area contributed by atoms with E-state index >= 15 is 0 Å². The molecule has 1 aromatic carbocycles. The number of amides is 2. The van der Waals surface area contributed by atoms with Crippen LogP contribution in [-0.4, -0.2) is 21.6 Å². The van der Waals surface area contributed by atoms with Crippen LogP contribution in [0.5, 0.6) is 0 Å². The lowest BCUT2D eigenvalue weighted by Gasteiger charge is -2.21. The highest BCUT2D eigenvalue weighted by molar-refractivity contribution is 6.00. The third-order valence-electron chi connectivity index (χ3n) is 3.12. The standard InChI is InChI=1S/C12H12N4O2/c13-8-1-2-9-7(5-8)6-14-16(9)10-3-4-11(17)15-12(10)18/h1-2,5-6,10H,3-4,13H2,(H,15,17,18). The van der Waals surface area contributed by atoms with E-state index in [-0.39, 0.29) is 11.8 Å². The van der Waals surface area contributed by atoms with E-state index in [1.54, 1.807) is 16.9 Å². The molecular weight excluding hydrogens is 232 g/mol. The molecule has 3 rings (SSSR count). The highest BCUT2D eigenvalue weighted by Crippen LogP contribution is 2.24. The number of nitrogen functional groups attached to an aromatic ring is 1. The van der Waals surface area contributed by atoms with Gasteiger partial charge in [0.2, 0.25) is 5.91 Å². The summed E-state index contributed by atoms with van der Waals surface area (Å²) in [5, 5.41) is 7.44. The highest BCUT2D eigenvalue weighted by Gasteiger charge is 2.29. The molecule has 1 atom stereocenters. The average molecular weight is 244 g/mol. The SMILES string of the molecule is Nc1ccc2c(cnn2C2CCC(=O)NC2=O)c1. The lowest BCUT2D eigenvalue weighted by molar-refractivity contribution is -0.135. The third kappa shape index (κ3) is 1.62. The molecule has 1 unspecified atom stereocenters. The zero-order valence-corrected chi connectivity index (χ0v) is 9.59. The molecule has 0 aliphatic carbocycles. The topological polar surface area (TPSA) is 90.0 Å². The number of hydrogen-bond acceptors (Lipinski definition) is 4.